The van der Waals surface area contributed by atoms with Crippen LogP contribution in [0.5, 0.6) is 5.75 Å². The Balaban J connectivity index is 1.74. The minimum absolute atomic E-state index is 0.218. The number of hydrogen-bond donors (Lipinski definition) is 0. The van der Waals surface area contributed by atoms with Gasteiger partial charge < -0.3 is 9.47 Å². The number of nitrogens with zero attached hydrogens (tertiary/aromatic N) is 2. The molecule has 9 heteroatoms. The molecule has 2 aromatic carbocycles. The number of para-hydroxylation sites is 1. The van der Waals surface area contributed by atoms with Crippen molar-refractivity contribution in [3.8, 4) is 5.75 Å². The third-order valence-corrected chi connectivity index (χ3v) is 6.22. The number of anilines is 2. The van der Waals surface area contributed by atoms with E-state index in [9.17, 15) is 14.4 Å². The Morgan fingerprint density at radius 3 is 2.45 bits per heavy atom. The van der Waals surface area contributed by atoms with E-state index in [2.05, 4.69) is 0 Å². The standard InChI is InChI=1S/C22H18N2O5S2/c1-3-29-17(25)12-23-16-7-5-4-6-15(16)18(20(23)26)19-21(27)24(22(30)31-19)13-8-10-14(28-2)11-9-13/h4-11H,3,12H2,1-2H3/b19-18+. The first-order chi connectivity index (χ1) is 15.0. The second kappa shape index (κ2) is 8.52. The maximum absolute atomic E-state index is 13.3. The first-order valence-corrected chi connectivity index (χ1v) is 10.7. The minimum atomic E-state index is -0.516. The average molecular weight is 455 g/mol. The molecular weight excluding hydrogens is 436 g/mol. The molecule has 0 spiro atoms. The number of rotatable bonds is 5. The Morgan fingerprint density at radius 2 is 1.77 bits per heavy atom. The number of carbonyl (C=O) groups is 3. The van der Waals surface area contributed by atoms with Gasteiger partial charge in [-0.1, -0.05) is 42.2 Å². The summed E-state index contributed by atoms with van der Waals surface area (Å²) in [6.07, 6.45) is 0. The van der Waals surface area contributed by atoms with Crippen LogP contribution < -0.4 is 14.5 Å². The van der Waals surface area contributed by atoms with Crippen LogP contribution in [0.1, 0.15) is 12.5 Å². The normalized spacial score (nSPS) is 17.9. The molecule has 2 amide bonds. The summed E-state index contributed by atoms with van der Waals surface area (Å²) in [4.78, 5) is 41.6. The van der Waals surface area contributed by atoms with Gasteiger partial charge in [0.2, 0.25) is 0 Å². The largest absolute Gasteiger partial charge is 0.497 e. The van der Waals surface area contributed by atoms with Crippen molar-refractivity contribution < 1.29 is 23.9 Å². The topological polar surface area (TPSA) is 76.2 Å². The minimum Gasteiger partial charge on any atom is -0.497 e. The van der Waals surface area contributed by atoms with Gasteiger partial charge in [-0.3, -0.25) is 24.2 Å². The van der Waals surface area contributed by atoms with Crippen molar-refractivity contribution in [2.75, 3.05) is 30.1 Å². The van der Waals surface area contributed by atoms with Crippen molar-refractivity contribution in [3.63, 3.8) is 0 Å². The summed E-state index contributed by atoms with van der Waals surface area (Å²) in [5, 5.41) is 0. The molecule has 0 radical (unpaired) electrons. The smallest absolute Gasteiger partial charge is 0.326 e. The number of benzene rings is 2. The fourth-order valence-electron chi connectivity index (χ4n) is 3.47. The van der Waals surface area contributed by atoms with Crippen LogP contribution in [0, 0.1) is 0 Å². The quantitative estimate of drug-likeness (QED) is 0.389. The van der Waals surface area contributed by atoms with Crippen molar-refractivity contribution >= 4 is 63.0 Å². The molecule has 158 valence electrons. The molecule has 0 aliphatic carbocycles. The van der Waals surface area contributed by atoms with E-state index in [1.54, 1.807) is 62.6 Å². The molecule has 2 aliphatic heterocycles. The van der Waals surface area contributed by atoms with Crippen LogP contribution in [0.4, 0.5) is 11.4 Å². The number of fused-ring (bicyclic) bond motifs is 1. The fourth-order valence-corrected chi connectivity index (χ4v) is 4.84. The molecule has 1 fully saturated rings. The lowest BCUT2D eigenvalue weighted by molar-refractivity contribution is -0.142. The van der Waals surface area contributed by atoms with Crippen LogP contribution >= 0.6 is 24.0 Å². The number of thioether (sulfide) groups is 1. The molecule has 0 bridgehead atoms. The Bertz CT molecular complexity index is 1130. The van der Waals surface area contributed by atoms with Crippen molar-refractivity contribution in [1.29, 1.82) is 0 Å². The van der Waals surface area contributed by atoms with Crippen molar-refractivity contribution in [2.45, 2.75) is 6.92 Å². The highest BCUT2D eigenvalue weighted by molar-refractivity contribution is 8.27. The molecule has 1 saturated heterocycles. The van der Waals surface area contributed by atoms with Crippen LogP contribution in [-0.4, -0.2) is 42.4 Å². The first kappa shape index (κ1) is 21.1. The first-order valence-electron chi connectivity index (χ1n) is 9.47. The van der Waals surface area contributed by atoms with Crippen LogP contribution in [0.2, 0.25) is 0 Å². The highest BCUT2D eigenvalue weighted by atomic mass is 32.2. The molecule has 0 unspecified atom stereocenters. The summed E-state index contributed by atoms with van der Waals surface area (Å²) < 4.78 is 10.5. The molecular formula is C22H18N2O5S2. The lowest BCUT2D eigenvalue weighted by atomic mass is 10.1. The van der Waals surface area contributed by atoms with Crippen LogP contribution in [0.25, 0.3) is 5.57 Å². The van der Waals surface area contributed by atoms with Gasteiger partial charge in [-0.05, 0) is 37.3 Å². The van der Waals surface area contributed by atoms with Gasteiger partial charge in [-0.15, -0.1) is 0 Å². The van der Waals surface area contributed by atoms with E-state index in [-0.39, 0.29) is 29.5 Å². The number of carbonyl (C=O) groups excluding carboxylic acids is 3. The van der Waals surface area contributed by atoms with E-state index >= 15 is 0 Å². The molecule has 2 aromatic rings. The van der Waals surface area contributed by atoms with Crippen molar-refractivity contribution in [1.82, 2.24) is 0 Å². The fraction of sp³-hybridized carbons (Fsp3) is 0.182. The number of hydrogen-bond acceptors (Lipinski definition) is 7. The summed E-state index contributed by atoms with van der Waals surface area (Å²) in [5.74, 6) is -0.666. The van der Waals surface area contributed by atoms with Crippen molar-refractivity contribution in [3.05, 3.63) is 59.0 Å². The van der Waals surface area contributed by atoms with E-state index in [0.29, 0.717) is 27.0 Å². The molecule has 0 saturated carbocycles. The van der Waals surface area contributed by atoms with Gasteiger partial charge in [0.1, 0.15) is 12.3 Å². The van der Waals surface area contributed by atoms with E-state index in [4.69, 9.17) is 21.7 Å². The maximum atomic E-state index is 13.3. The molecule has 0 aromatic heterocycles. The molecule has 31 heavy (non-hydrogen) atoms. The Hall–Kier alpha value is -3.17. The Labute approximate surface area is 188 Å². The number of methoxy groups -OCH3 is 1. The molecule has 2 aliphatic rings. The lowest BCUT2D eigenvalue weighted by Crippen LogP contribution is -2.34. The van der Waals surface area contributed by atoms with Gasteiger partial charge in [0, 0.05) is 5.56 Å². The van der Waals surface area contributed by atoms with E-state index in [1.165, 1.54) is 9.80 Å². The van der Waals surface area contributed by atoms with Crippen LogP contribution in [-0.2, 0) is 19.1 Å². The molecule has 0 atom stereocenters. The lowest BCUT2D eigenvalue weighted by Gasteiger charge is -2.16. The summed E-state index contributed by atoms with van der Waals surface area (Å²) in [7, 11) is 1.56. The van der Waals surface area contributed by atoms with Gasteiger partial charge in [-0.2, -0.15) is 0 Å². The second-order valence-corrected chi connectivity index (χ2v) is 8.27. The van der Waals surface area contributed by atoms with Gasteiger partial charge in [-0.25, -0.2) is 0 Å². The predicted molar refractivity (Wildman–Crippen MR) is 123 cm³/mol. The molecule has 0 N–H and O–H groups in total. The second-order valence-electron chi connectivity index (χ2n) is 6.62. The molecule has 7 nitrogen and oxygen atoms in total. The summed E-state index contributed by atoms with van der Waals surface area (Å²) in [5.41, 5.74) is 1.98. The highest BCUT2D eigenvalue weighted by Crippen LogP contribution is 2.45. The van der Waals surface area contributed by atoms with E-state index in [1.807, 2.05) is 0 Å². The number of thiocarbonyl (C=S) groups is 1. The summed E-state index contributed by atoms with van der Waals surface area (Å²) >= 11 is 6.52. The van der Waals surface area contributed by atoms with Gasteiger partial charge >= 0.3 is 5.97 Å². The monoisotopic (exact) mass is 454 g/mol. The summed E-state index contributed by atoms with van der Waals surface area (Å²) in [6.45, 7) is 1.69. The molecule has 2 heterocycles. The van der Waals surface area contributed by atoms with Crippen LogP contribution in [0.3, 0.4) is 0 Å². The average Bonchev–Trinajstić information content (AvgIpc) is 3.21. The zero-order valence-electron chi connectivity index (χ0n) is 16.8. The van der Waals surface area contributed by atoms with Crippen molar-refractivity contribution in [2.24, 2.45) is 0 Å². The predicted octanol–water partition coefficient (Wildman–Crippen LogP) is 3.38. The third kappa shape index (κ3) is 3.70. The van der Waals surface area contributed by atoms with Gasteiger partial charge in [0.15, 0.2) is 4.32 Å². The zero-order valence-corrected chi connectivity index (χ0v) is 18.4. The maximum Gasteiger partial charge on any atom is 0.326 e. The zero-order chi connectivity index (χ0) is 22.1. The SMILES string of the molecule is CCOC(=O)CN1C(=O)/C(=C2/SC(=S)N(c3ccc(OC)cc3)C2=O)c2ccccc21. The summed E-state index contributed by atoms with van der Waals surface area (Å²) in [6, 6.07) is 14.0. The van der Waals surface area contributed by atoms with Gasteiger partial charge in [0.05, 0.1) is 35.6 Å². The van der Waals surface area contributed by atoms with E-state index < -0.39 is 11.9 Å². The number of ether oxygens (including phenoxy) is 2. The highest BCUT2D eigenvalue weighted by Gasteiger charge is 2.43. The van der Waals surface area contributed by atoms with E-state index in [0.717, 1.165) is 11.8 Å². The van der Waals surface area contributed by atoms with Crippen LogP contribution in [0.15, 0.2) is 53.4 Å². The number of esters is 1. The number of amides is 2. The van der Waals surface area contributed by atoms with Gasteiger partial charge in [0.25, 0.3) is 11.8 Å². The Kier molecular flexibility index (Phi) is 5.79. The third-order valence-electron chi connectivity index (χ3n) is 4.84. The molecule has 4 rings (SSSR count). The Morgan fingerprint density at radius 1 is 1.06 bits per heavy atom.